The van der Waals surface area contributed by atoms with E-state index < -0.39 is 0 Å². The van der Waals surface area contributed by atoms with Gasteiger partial charge >= 0.3 is 0 Å². The summed E-state index contributed by atoms with van der Waals surface area (Å²) in [6.07, 6.45) is 4.08. The Hall–Kier alpha value is -2.54. The smallest absolute Gasteiger partial charge is 0.172 e. The van der Waals surface area contributed by atoms with Gasteiger partial charge in [0.1, 0.15) is 25.8 Å². The summed E-state index contributed by atoms with van der Waals surface area (Å²) in [5.41, 5.74) is 1.28. The zero-order valence-electron chi connectivity index (χ0n) is 13.2. The largest absolute Gasteiger partial charge is 0.374 e. The number of ether oxygens (including phenoxy) is 1. The standard InChI is InChI=1S/C16H20N6O/c1-2-23-11-16-19-15(10-21-13-17-12-18-21)20-22(16)9-8-14-6-4-3-5-7-14/h3-7,12-13H,2,8-11H2,1H3. The molecule has 0 bridgehead atoms. The highest BCUT2D eigenvalue weighted by Gasteiger charge is 2.11. The lowest BCUT2D eigenvalue weighted by Gasteiger charge is -2.06. The van der Waals surface area contributed by atoms with Crippen molar-refractivity contribution in [1.82, 2.24) is 29.5 Å². The minimum atomic E-state index is 0.468. The highest BCUT2D eigenvalue weighted by atomic mass is 16.5. The first-order valence-corrected chi connectivity index (χ1v) is 7.72. The fourth-order valence-electron chi connectivity index (χ4n) is 2.31. The van der Waals surface area contributed by atoms with Crippen molar-refractivity contribution in [3.8, 4) is 0 Å². The third kappa shape index (κ3) is 4.23. The first-order valence-electron chi connectivity index (χ1n) is 7.72. The lowest BCUT2D eigenvalue weighted by atomic mass is 10.1. The number of hydrogen-bond acceptors (Lipinski definition) is 5. The summed E-state index contributed by atoms with van der Waals surface area (Å²) in [4.78, 5) is 8.51. The zero-order valence-corrected chi connectivity index (χ0v) is 13.2. The van der Waals surface area contributed by atoms with E-state index in [4.69, 9.17) is 4.74 Å². The molecule has 3 rings (SSSR count). The SMILES string of the molecule is CCOCc1nc(Cn2cncn2)nn1CCc1ccccc1. The minimum Gasteiger partial charge on any atom is -0.374 e. The lowest BCUT2D eigenvalue weighted by molar-refractivity contribution is 0.124. The predicted molar refractivity (Wildman–Crippen MR) is 84.6 cm³/mol. The summed E-state index contributed by atoms with van der Waals surface area (Å²) in [5.74, 6) is 1.57. The van der Waals surface area contributed by atoms with Gasteiger partial charge in [0.25, 0.3) is 0 Å². The summed E-state index contributed by atoms with van der Waals surface area (Å²) in [6.45, 7) is 4.38. The van der Waals surface area contributed by atoms with E-state index in [9.17, 15) is 0 Å². The average molecular weight is 312 g/mol. The Labute approximate surface area is 135 Å². The van der Waals surface area contributed by atoms with Gasteiger partial charge < -0.3 is 4.74 Å². The highest BCUT2D eigenvalue weighted by Crippen LogP contribution is 2.06. The van der Waals surface area contributed by atoms with Crippen LogP contribution < -0.4 is 0 Å². The third-order valence-electron chi connectivity index (χ3n) is 3.45. The number of aryl methyl sites for hydroxylation is 2. The van der Waals surface area contributed by atoms with E-state index in [-0.39, 0.29) is 0 Å². The van der Waals surface area contributed by atoms with Crippen LogP contribution in [0.5, 0.6) is 0 Å². The van der Waals surface area contributed by atoms with Crippen molar-refractivity contribution < 1.29 is 4.74 Å². The van der Waals surface area contributed by atoms with Crippen LogP contribution in [0.2, 0.25) is 0 Å². The Morgan fingerprint density at radius 3 is 2.78 bits per heavy atom. The molecule has 2 aromatic heterocycles. The van der Waals surface area contributed by atoms with Crippen molar-refractivity contribution in [2.24, 2.45) is 0 Å². The van der Waals surface area contributed by atoms with Crippen molar-refractivity contribution in [3.63, 3.8) is 0 Å². The Bertz CT molecular complexity index is 708. The van der Waals surface area contributed by atoms with Crippen molar-refractivity contribution in [1.29, 1.82) is 0 Å². The second-order valence-electron chi connectivity index (χ2n) is 5.13. The Morgan fingerprint density at radius 1 is 1.17 bits per heavy atom. The first kappa shape index (κ1) is 15.4. The molecular weight excluding hydrogens is 292 g/mol. The van der Waals surface area contributed by atoms with Gasteiger partial charge in [-0.3, -0.25) is 0 Å². The first-order chi connectivity index (χ1) is 11.3. The lowest BCUT2D eigenvalue weighted by Crippen LogP contribution is -2.09. The van der Waals surface area contributed by atoms with Crippen LogP contribution in [0.15, 0.2) is 43.0 Å². The molecule has 23 heavy (non-hydrogen) atoms. The van der Waals surface area contributed by atoms with Crippen molar-refractivity contribution in [3.05, 3.63) is 60.2 Å². The summed E-state index contributed by atoms with van der Waals surface area (Å²) >= 11 is 0. The van der Waals surface area contributed by atoms with Gasteiger partial charge in [-0.1, -0.05) is 30.3 Å². The molecule has 0 saturated carbocycles. The molecule has 0 N–H and O–H groups in total. The summed E-state index contributed by atoms with van der Waals surface area (Å²) in [5, 5.41) is 8.68. The van der Waals surface area contributed by atoms with Crippen LogP contribution in [0.1, 0.15) is 24.1 Å². The van der Waals surface area contributed by atoms with E-state index in [2.05, 4.69) is 32.3 Å². The molecule has 0 saturated heterocycles. The van der Waals surface area contributed by atoms with Crippen LogP contribution in [0.4, 0.5) is 0 Å². The molecule has 120 valence electrons. The molecule has 0 aliphatic heterocycles. The van der Waals surface area contributed by atoms with Gasteiger partial charge in [-0.05, 0) is 18.9 Å². The van der Waals surface area contributed by atoms with Crippen LogP contribution in [0.25, 0.3) is 0 Å². The second-order valence-corrected chi connectivity index (χ2v) is 5.13. The number of rotatable bonds is 8. The van der Waals surface area contributed by atoms with Crippen LogP contribution in [-0.4, -0.2) is 36.1 Å². The van der Waals surface area contributed by atoms with Gasteiger partial charge in [0, 0.05) is 13.2 Å². The monoisotopic (exact) mass is 312 g/mol. The van der Waals surface area contributed by atoms with Crippen LogP contribution in [-0.2, 0) is 30.9 Å². The van der Waals surface area contributed by atoms with Crippen LogP contribution in [0.3, 0.4) is 0 Å². The van der Waals surface area contributed by atoms with E-state index in [1.165, 1.54) is 11.9 Å². The normalized spacial score (nSPS) is 11.0. The highest BCUT2D eigenvalue weighted by molar-refractivity contribution is 5.14. The van der Waals surface area contributed by atoms with Gasteiger partial charge in [-0.2, -0.15) is 10.2 Å². The summed E-state index contributed by atoms with van der Waals surface area (Å²) in [6, 6.07) is 10.4. The fourth-order valence-corrected chi connectivity index (χ4v) is 2.31. The maximum absolute atomic E-state index is 5.50. The molecule has 1 aromatic carbocycles. The molecule has 7 nitrogen and oxygen atoms in total. The van der Waals surface area contributed by atoms with E-state index in [0.29, 0.717) is 19.8 Å². The average Bonchev–Trinajstić information content (AvgIpc) is 3.22. The molecule has 0 spiro atoms. The van der Waals surface area contributed by atoms with Crippen LogP contribution in [0, 0.1) is 0 Å². The minimum absolute atomic E-state index is 0.468. The molecule has 3 aromatic rings. The van der Waals surface area contributed by atoms with Crippen LogP contribution >= 0.6 is 0 Å². The number of aromatic nitrogens is 6. The molecule has 0 fully saturated rings. The molecule has 0 aliphatic carbocycles. The third-order valence-corrected chi connectivity index (χ3v) is 3.45. The number of hydrogen-bond donors (Lipinski definition) is 0. The van der Waals surface area contributed by atoms with E-state index in [0.717, 1.165) is 24.6 Å². The zero-order chi connectivity index (χ0) is 15.9. The summed E-state index contributed by atoms with van der Waals surface area (Å²) < 4.78 is 9.14. The van der Waals surface area contributed by atoms with E-state index in [1.54, 1.807) is 11.0 Å². The van der Waals surface area contributed by atoms with Gasteiger partial charge in [-0.15, -0.1) is 0 Å². The van der Waals surface area contributed by atoms with Gasteiger partial charge in [0.2, 0.25) is 0 Å². The Kier molecular flexibility index (Phi) is 5.10. The molecule has 0 radical (unpaired) electrons. The van der Waals surface area contributed by atoms with Gasteiger partial charge in [0.15, 0.2) is 11.6 Å². The van der Waals surface area contributed by atoms with E-state index in [1.807, 2.05) is 29.8 Å². The Morgan fingerprint density at radius 2 is 2.04 bits per heavy atom. The van der Waals surface area contributed by atoms with Crippen molar-refractivity contribution in [2.75, 3.05) is 6.61 Å². The number of benzene rings is 1. The second kappa shape index (κ2) is 7.64. The number of nitrogens with zero attached hydrogens (tertiary/aromatic N) is 6. The van der Waals surface area contributed by atoms with Crippen molar-refractivity contribution in [2.45, 2.75) is 33.0 Å². The molecule has 7 heteroatoms. The fraction of sp³-hybridized carbons (Fsp3) is 0.375. The predicted octanol–water partition coefficient (Wildman–Crippen LogP) is 1.70. The van der Waals surface area contributed by atoms with E-state index >= 15 is 0 Å². The van der Waals surface area contributed by atoms with Gasteiger partial charge in [0.05, 0.1) is 0 Å². The molecular formula is C16H20N6O. The van der Waals surface area contributed by atoms with Gasteiger partial charge in [-0.25, -0.2) is 19.3 Å². The topological polar surface area (TPSA) is 70.7 Å². The molecule has 0 amide bonds. The molecule has 2 heterocycles. The quantitative estimate of drug-likeness (QED) is 0.633. The molecule has 0 unspecified atom stereocenters. The maximum Gasteiger partial charge on any atom is 0.172 e. The van der Waals surface area contributed by atoms with Crippen molar-refractivity contribution >= 4 is 0 Å². The maximum atomic E-state index is 5.50. The molecule has 0 aliphatic rings. The Balaban J connectivity index is 1.72. The summed E-state index contributed by atoms with van der Waals surface area (Å²) in [7, 11) is 0. The molecule has 0 atom stereocenters.